The SMILES string of the molecule is CNC(c1ccc(C(C)(C)C)s1)c1cc(Br)sc1Br. The molecule has 0 spiro atoms. The molecule has 0 aliphatic heterocycles. The van der Waals surface area contributed by atoms with Crippen molar-refractivity contribution in [3.63, 3.8) is 0 Å². The minimum atomic E-state index is 0.216. The molecule has 2 aromatic rings. The third kappa shape index (κ3) is 3.50. The van der Waals surface area contributed by atoms with E-state index in [1.807, 2.05) is 18.4 Å². The Hall–Kier alpha value is 0.320. The lowest BCUT2D eigenvalue weighted by Crippen LogP contribution is -2.16. The van der Waals surface area contributed by atoms with Gasteiger partial charge in [0.05, 0.1) is 13.6 Å². The number of nitrogens with one attached hydrogen (secondary N) is 1. The predicted molar refractivity (Wildman–Crippen MR) is 93.6 cm³/mol. The van der Waals surface area contributed by atoms with Crippen LogP contribution in [0.3, 0.4) is 0 Å². The number of rotatable bonds is 3. The Kier molecular flexibility index (Phi) is 4.94. The van der Waals surface area contributed by atoms with Gasteiger partial charge in [0, 0.05) is 15.3 Å². The molecule has 2 aromatic heterocycles. The van der Waals surface area contributed by atoms with E-state index in [-0.39, 0.29) is 11.5 Å². The zero-order valence-electron chi connectivity index (χ0n) is 11.4. The molecule has 0 fully saturated rings. The van der Waals surface area contributed by atoms with Crippen molar-refractivity contribution in [3.8, 4) is 0 Å². The number of hydrogen-bond acceptors (Lipinski definition) is 3. The Morgan fingerprint density at radius 2 is 1.84 bits per heavy atom. The van der Waals surface area contributed by atoms with E-state index in [2.05, 4.69) is 76.1 Å². The molecule has 104 valence electrons. The maximum atomic E-state index is 3.66. The van der Waals surface area contributed by atoms with Crippen molar-refractivity contribution < 1.29 is 0 Å². The first-order chi connectivity index (χ1) is 8.82. The van der Waals surface area contributed by atoms with Gasteiger partial charge >= 0.3 is 0 Å². The molecule has 1 unspecified atom stereocenters. The third-order valence-corrected chi connectivity index (χ3v) is 6.89. The predicted octanol–water partition coefficient (Wildman–Crippen LogP) is 5.94. The molecule has 0 bridgehead atoms. The maximum absolute atomic E-state index is 3.66. The van der Waals surface area contributed by atoms with Crippen molar-refractivity contribution in [2.24, 2.45) is 0 Å². The molecular weight excluding hydrogens is 406 g/mol. The second-order valence-electron chi connectivity index (χ2n) is 5.45. The van der Waals surface area contributed by atoms with Crippen LogP contribution >= 0.6 is 54.5 Å². The Labute approximate surface area is 139 Å². The summed E-state index contributed by atoms with van der Waals surface area (Å²) in [5.74, 6) is 0. The van der Waals surface area contributed by atoms with Crippen LogP contribution in [0.15, 0.2) is 25.8 Å². The monoisotopic (exact) mass is 421 g/mol. The smallest absolute Gasteiger partial charge is 0.0762 e. The number of hydrogen-bond donors (Lipinski definition) is 1. The molecule has 19 heavy (non-hydrogen) atoms. The highest BCUT2D eigenvalue weighted by molar-refractivity contribution is 9.12. The molecule has 2 heterocycles. The summed E-state index contributed by atoms with van der Waals surface area (Å²) < 4.78 is 2.34. The van der Waals surface area contributed by atoms with E-state index in [0.29, 0.717) is 0 Å². The van der Waals surface area contributed by atoms with E-state index in [0.717, 1.165) is 3.79 Å². The normalized spacial score (nSPS) is 13.8. The molecule has 0 saturated heterocycles. The number of thiophene rings is 2. The van der Waals surface area contributed by atoms with Gasteiger partial charge in [-0.2, -0.15) is 0 Å². The lowest BCUT2D eigenvalue weighted by molar-refractivity contribution is 0.604. The average molecular weight is 423 g/mol. The van der Waals surface area contributed by atoms with Crippen molar-refractivity contribution in [2.75, 3.05) is 7.05 Å². The van der Waals surface area contributed by atoms with Crippen molar-refractivity contribution >= 4 is 54.5 Å². The summed E-state index contributed by atoms with van der Waals surface area (Å²) in [4.78, 5) is 2.78. The van der Waals surface area contributed by atoms with Crippen LogP contribution in [0, 0.1) is 0 Å². The Bertz CT molecular complexity index is 566. The Morgan fingerprint density at radius 3 is 2.26 bits per heavy atom. The molecule has 0 aliphatic rings. The lowest BCUT2D eigenvalue weighted by atomic mass is 9.95. The molecule has 5 heteroatoms. The van der Waals surface area contributed by atoms with E-state index in [1.165, 1.54) is 19.1 Å². The van der Waals surface area contributed by atoms with Gasteiger partial charge in [0.25, 0.3) is 0 Å². The zero-order valence-corrected chi connectivity index (χ0v) is 16.2. The van der Waals surface area contributed by atoms with Gasteiger partial charge in [0.15, 0.2) is 0 Å². The summed E-state index contributed by atoms with van der Waals surface area (Å²) >= 11 is 10.8. The molecule has 1 nitrogen and oxygen atoms in total. The van der Waals surface area contributed by atoms with Crippen LogP contribution in [0.25, 0.3) is 0 Å². The second kappa shape index (κ2) is 5.98. The highest BCUT2D eigenvalue weighted by Crippen LogP contribution is 2.40. The molecule has 0 saturated carbocycles. The van der Waals surface area contributed by atoms with E-state index >= 15 is 0 Å². The second-order valence-corrected chi connectivity index (χ2v) is 10.3. The molecule has 0 aromatic carbocycles. The molecule has 1 N–H and O–H groups in total. The first-order valence-corrected chi connectivity index (χ1v) is 9.27. The van der Waals surface area contributed by atoms with Gasteiger partial charge in [-0.05, 0) is 62.5 Å². The summed E-state index contributed by atoms with van der Waals surface area (Å²) in [5, 5.41) is 3.42. The minimum absolute atomic E-state index is 0.216. The fourth-order valence-corrected chi connectivity index (χ4v) is 6.01. The van der Waals surface area contributed by atoms with E-state index in [1.54, 1.807) is 11.3 Å². The van der Waals surface area contributed by atoms with Gasteiger partial charge in [-0.15, -0.1) is 22.7 Å². The van der Waals surface area contributed by atoms with Crippen LogP contribution in [-0.4, -0.2) is 7.05 Å². The van der Waals surface area contributed by atoms with Crippen LogP contribution in [0.4, 0.5) is 0 Å². The quantitative estimate of drug-likeness (QED) is 0.645. The Morgan fingerprint density at radius 1 is 1.16 bits per heavy atom. The molecule has 2 rings (SSSR count). The standard InChI is InChI=1S/C14H17Br2NS2/c1-14(2,3)10-6-5-9(18-10)12(17-4)8-7-11(15)19-13(8)16/h5-7,12,17H,1-4H3. The van der Waals surface area contributed by atoms with Gasteiger partial charge in [0.1, 0.15) is 0 Å². The minimum Gasteiger partial charge on any atom is -0.309 e. The zero-order chi connectivity index (χ0) is 14.2. The van der Waals surface area contributed by atoms with Crippen molar-refractivity contribution in [1.82, 2.24) is 5.32 Å². The summed E-state index contributed by atoms with van der Waals surface area (Å²) in [7, 11) is 2.01. The highest BCUT2D eigenvalue weighted by atomic mass is 79.9. The van der Waals surface area contributed by atoms with E-state index in [4.69, 9.17) is 0 Å². The van der Waals surface area contributed by atoms with Gasteiger partial charge < -0.3 is 5.32 Å². The van der Waals surface area contributed by atoms with E-state index < -0.39 is 0 Å². The summed E-state index contributed by atoms with van der Waals surface area (Å²) in [6.07, 6.45) is 0. The van der Waals surface area contributed by atoms with Gasteiger partial charge in [-0.25, -0.2) is 0 Å². The highest BCUT2D eigenvalue weighted by Gasteiger charge is 2.22. The first kappa shape index (κ1) is 15.7. The molecule has 1 atom stereocenters. The first-order valence-electron chi connectivity index (χ1n) is 6.05. The van der Waals surface area contributed by atoms with Gasteiger partial charge in [-0.1, -0.05) is 20.8 Å². The third-order valence-electron chi connectivity index (χ3n) is 2.93. The fourth-order valence-electron chi connectivity index (χ4n) is 1.91. The summed E-state index contributed by atoms with van der Waals surface area (Å²) in [6.45, 7) is 6.77. The van der Waals surface area contributed by atoms with E-state index in [9.17, 15) is 0 Å². The number of halogens is 2. The molecule has 0 radical (unpaired) electrons. The summed E-state index contributed by atoms with van der Waals surface area (Å²) in [5.41, 5.74) is 1.51. The maximum Gasteiger partial charge on any atom is 0.0762 e. The fraction of sp³-hybridized carbons (Fsp3) is 0.429. The van der Waals surface area contributed by atoms with Gasteiger partial charge in [0.2, 0.25) is 0 Å². The van der Waals surface area contributed by atoms with Crippen LogP contribution in [0.1, 0.15) is 42.1 Å². The topological polar surface area (TPSA) is 12.0 Å². The average Bonchev–Trinajstić information content (AvgIpc) is 2.87. The largest absolute Gasteiger partial charge is 0.309 e. The van der Waals surface area contributed by atoms with Crippen molar-refractivity contribution in [2.45, 2.75) is 32.2 Å². The van der Waals surface area contributed by atoms with Gasteiger partial charge in [-0.3, -0.25) is 0 Å². The van der Waals surface area contributed by atoms with Crippen LogP contribution in [-0.2, 0) is 5.41 Å². The Balaban J connectivity index is 2.38. The van der Waals surface area contributed by atoms with Crippen LogP contribution < -0.4 is 5.32 Å². The summed E-state index contributed by atoms with van der Waals surface area (Å²) in [6, 6.07) is 6.93. The molecular formula is C14H17Br2NS2. The molecule has 0 amide bonds. The molecule has 0 aliphatic carbocycles. The van der Waals surface area contributed by atoms with Crippen LogP contribution in [0.5, 0.6) is 0 Å². The van der Waals surface area contributed by atoms with Crippen LogP contribution in [0.2, 0.25) is 0 Å². The van der Waals surface area contributed by atoms with Crippen molar-refractivity contribution in [1.29, 1.82) is 0 Å². The lowest BCUT2D eigenvalue weighted by Gasteiger charge is -2.17. The van der Waals surface area contributed by atoms with Crippen molar-refractivity contribution in [3.05, 3.63) is 41.1 Å².